The molecule has 1 N–H and O–H groups in total. The molecule has 1 fully saturated rings. The number of hydrogen-bond donors (Lipinski definition) is 1. The molecule has 9 heteroatoms. The van der Waals surface area contributed by atoms with Crippen molar-refractivity contribution in [1.29, 1.82) is 0 Å². The summed E-state index contributed by atoms with van der Waals surface area (Å²) in [5, 5.41) is 8.04. The number of carbonyl (C=O) groups is 1. The maximum Gasteiger partial charge on any atom is 0.276 e. The van der Waals surface area contributed by atoms with Crippen LogP contribution in [0.4, 0.5) is 5.13 Å². The lowest BCUT2D eigenvalue weighted by molar-refractivity contribution is 0.101. The van der Waals surface area contributed by atoms with E-state index in [0.29, 0.717) is 17.2 Å². The van der Waals surface area contributed by atoms with Gasteiger partial charge in [-0.05, 0) is 39.5 Å². The maximum atomic E-state index is 12.9. The predicted octanol–water partition coefficient (Wildman–Crippen LogP) is 2.06. The maximum absolute atomic E-state index is 12.9. The lowest BCUT2D eigenvalue weighted by atomic mass is 10.1. The molecule has 0 bridgehead atoms. The number of rotatable bonds is 3. The van der Waals surface area contributed by atoms with Crippen molar-refractivity contribution in [1.82, 2.24) is 14.8 Å². The van der Waals surface area contributed by atoms with Gasteiger partial charge in [0.2, 0.25) is 0 Å². The van der Waals surface area contributed by atoms with Crippen LogP contribution in [0.5, 0.6) is 0 Å². The number of sulfone groups is 1. The van der Waals surface area contributed by atoms with Gasteiger partial charge in [0.1, 0.15) is 5.69 Å². The van der Waals surface area contributed by atoms with E-state index in [-0.39, 0.29) is 23.5 Å². The lowest BCUT2D eigenvalue weighted by Gasteiger charge is -2.14. The summed E-state index contributed by atoms with van der Waals surface area (Å²) >= 11 is 1.44. The highest BCUT2D eigenvalue weighted by Gasteiger charge is 2.35. The summed E-state index contributed by atoms with van der Waals surface area (Å²) in [6.07, 6.45) is 3.15. The highest BCUT2D eigenvalue weighted by atomic mass is 32.2. The highest BCUT2D eigenvalue weighted by Crippen LogP contribution is 2.32. The van der Waals surface area contributed by atoms with E-state index in [4.69, 9.17) is 0 Å². The third kappa shape index (κ3) is 2.99. The SMILES string of the molecule is Cc1nc(NC(=O)c2c3c(nn2[C@H]2CCS(=O)(=O)C2)CCC3)sc1C. The van der Waals surface area contributed by atoms with Crippen molar-refractivity contribution in [3.05, 3.63) is 27.5 Å². The third-order valence-corrected chi connectivity index (χ3v) is 7.69. The molecule has 1 aliphatic carbocycles. The molecule has 1 saturated heterocycles. The Bertz CT molecular complexity index is 939. The minimum absolute atomic E-state index is 0.0588. The van der Waals surface area contributed by atoms with Gasteiger partial charge in [-0.25, -0.2) is 13.4 Å². The molecule has 2 aliphatic rings. The molecule has 3 heterocycles. The largest absolute Gasteiger partial charge is 0.296 e. The van der Waals surface area contributed by atoms with Crippen LogP contribution in [0.25, 0.3) is 0 Å². The third-order valence-electron chi connectivity index (χ3n) is 4.95. The molecule has 0 spiro atoms. The van der Waals surface area contributed by atoms with E-state index < -0.39 is 9.84 Å². The van der Waals surface area contributed by atoms with E-state index in [9.17, 15) is 13.2 Å². The van der Waals surface area contributed by atoms with Crippen LogP contribution in [-0.2, 0) is 22.7 Å². The minimum Gasteiger partial charge on any atom is -0.296 e. The molecule has 2 aromatic heterocycles. The van der Waals surface area contributed by atoms with Crippen molar-refractivity contribution in [2.75, 3.05) is 16.8 Å². The number of aromatic nitrogens is 3. The number of nitrogens with one attached hydrogen (secondary N) is 1. The molecule has 1 atom stereocenters. The quantitative estimate of drug-likeness (QED) is 0.880. The second-order valence-electron chi connectivity index (χ2n) is 6.74. The molecule has 134 valence electrons. The Morgan fingerprint density at radius 1 is 1.32 bits per heavy atom. The molecule has 2 aromatic rings. The Hall–Kier alpha value is -1.74. The summed E-state index contributed by atoms with van der Waals surface area (Å²) in [6.45, 7) is 3.88. The first-order chi connectivity index (χ1) is 11.8. The minimum atomic E-state index is -3.04. The average Bonchev–Trinajstić information content (AvgIpc) is 3.23. The first kappa shape index (κ1) is 16.7. The van der Waals surface area contributed by atoms with Gasteiger partial charge in [0.15, 0.2) is 15.0 Å². The zero-order chi connectivity index (χ0) is 17.8. The summed E-state index contributed by atoms with van der Waals surface area (Å²) < 4.78 is 25.4. The summed E-state index contributed by atoms with van der Waals surface area (Å²) in [5.74, 6) is -0.0223. The molecule has 0 aromatic carbocycles. The number of fused-ring (bicyclic) bond motifs is 1. The first-order valence-electron chi connectivity index (χ1n) is 8.40. The second-order valence-corrected chi connectivity index (χ2v) is 10.2. The van der Waals surface area contributed by atoms with Gasteiger partial charge >= 0.3 is 0 Å². The fraction of sp³-hybridized carbons (Fsp3) is 0.562. The number of anilines is 1. The van der Waals surface area contributed by atoms with Crippen molar-refractivity contribution >= 4 is 32.2 Å². The zero-order valence-corrected chi connectivity index (χ0v) is 15.8. The normalized spacial score (nSPS) is 21.4. The molecule has 0 saturated carbocycles. The Morgan fingerprint density at radius 3 is 2.76 bits per heavy atom. The van der Waals surface area contributed by atoms with Crippen LogP contribution >= 0.6 is 11.3 Å². The van der Waals surface area contributed by atoms with E-state index in [1.807, 2.05) is 13.8 Å². The van der Waals surface area contributed by atoms with Crippen LogP contribution in [0.3, 0.4) is 0 Å². The number of aryl methyl sites for hydroxylation is 3. The summed E-state index contributed by atoms with van der Waals surface area (Å²) in [7, 11) is -3.04. The van der Waals surface area contributed by atoms with Gasteiger partial charge in [0, 0.05) is 10.4 Å². The number of carbonyl (C=O) groups excluding carboxylic acids is 1. The van der Waals surface area contributed by atoms with E-state index in [2.05, 4.69) is 15.4 Å². The Balaban J connectivity index is 1.69. The van der Waals surface area contributed by atoms with Crippen LogP contribution in [0.15, 0.2) is 0 Å². The summed E-state index contributed by atoms with van der Waals surface area (Å²) in [4.78, 5) is 18.4. The number of hydrogen-bond acceptors (Lipinski definition) is 6. The second kappa shape index (κ2) is 5.91. The topological polar surface area (TPSA) is 93.9 Å². The standard InChI is InChI=1S/C16H20N4O3S2/c1-9-10(2)24-16(17-9)18-15(21)14-12-4-3-5-13(12)19-20(14)11-6-7-25(22,23)8-11/h11H,3-8H2,1-2H3,(H,17,18,21)/t11-/m0/s1. The van der Waals surface area contributed by atoms with Gasteiger partial charge < -0.3 is 0 Å². The Labute approximate surface area is 150 Å². The lowest BCUT2D eigenvalue weighted by Crippen LogP contribution is -2.23. The predicted molar refractivity (Wildman–Crippen MR) is 96.1 cm³/mol. The Morgan fingerprint density at radius 2 is 2.12 bits per heavy atom. The summed E-state index contributed by atoms with van der Waals surface area (Å²) in [5.41, 5.74) is 3.31. The fourth-order valence-corrected chi connectivity index (χ4v) is 6.07. The zero-order valence-electron chi connectivity index (χ0n) is 14.2. The number of amides is 1. The van der Waals surface area contributed by atoms with Crippen LogP contribution in [0, 0.1) is 13.8 Å². The van der Waals surface area contributed by atoms with Gasteiger partial charge in [-0.3, -0.25) is 14.8 Å². The molecule has 1 aliphatic heterocycles. The summed E-state index contributed by atoms with van der Waals surface area (Å²) in [6, 6.07) is -0.254. The van der Waals surface area contributed by atoms with Gasteiger partial charge in [-0.1, -0.05) is 0 Å². The number of thiazole rings is 1. The van der Waals surface area contributed by atoms with Crippen molar-refractivity contribution < 1.29 is 13.2 Å². The van der Waals surface area contributed by atoms with Gasteiger partial charge in [-0.15, -0.1) is 11.3 Å². The smallest absolute Gasteiger partial charge is 0.276 e. The molecule has 0 radical (unpaired) electrons. The van der Waals surface area contributed by atoms with Gasteiger partial charge in [0.25, 0.3) is 5.91 Å². The molecule has 1 amide bonds. The van der Waals surface area contributed by atoms with Crippen LogP contribution in [-0.4, -0.2) is 40.6 Å². The van der Waals surface area contributed by atoms with E-state index >= 15 is 0 Å². The average molecular weight is 380 g/mol. The van der Waals surface area contributed by atoms with Crippen LogP contribution < -0.4 is 5.32 Å². The molecule has 4 rings (SSSR count). The molecular weight excluding hydrogens is 360 g/mol. The highest BCUT2D eigenvalue weighted by molar-refractivity contribution is 7.91. The van der Waals surface area contributed by atoms with Crippen molar-refractivity contribution in [3.8, 4) is 0 Å². The van der Waals surface area contributed by atoms with E-state index in [1.165, 1.54) is 11.3 Å². The molecule has 0 unspecified atom stereocenters. The number of nitrogens with zero attached hydrogens (tertiary/aromatic N) is 3. The first-order valence-corrected chi connectivity index (χ1v) is 11.0. The van der Waals surface area contributed by atoms with Gasteiger partial charge in [-0.2, -0.15) is 5.10 Å². The molecule has 25 heavy (non-hydrogen) atoms. The van der Waals surface area contributed by atoms with E-state index in [0.717, 1.165) is 41.1 Å². The van der Waals surface area contributed by atoms with Crippen molar-refractivity contribution in [2.24, 2.45) is 0 Å². The fourth-order valence-electron chi connectivity index (χ4n) is 3.57. The van der Waals surface area contributed by atoms with Crippen LogP contribution in [0.1, 0.15) is 51.2 Å². The molecule has 7 nitrogen and oxygen atoms in total. The van der Waals surface area contributed by atoms with Crippen LogP contribution in [0.2, 0.25) is 0 Å². The monoisotopic (exact) mass is 380 g/mol. The van der Waals surface area contributed by atoms with Crippen molar-refractivity contribution in [2.45, 2.75) is 45.6 Å². The van der Waals surface area contributed by atoms with Gasteiger partial charge in [0.05, 0.1) is 28.9 Å². The Kier molecular flexibility index (Phi) is 3.95. The van der Waals surface area contributed by atoms with E-state index in [1.54, 1.807) is 4.68 Å². The van der Waals surface area contributed by atoms with Crippen molar-refractivity contribution in [3.63, 3.8) is 0 Å². The molecular formula is C16H20N4O3S2.